The average Bonchev–Trinajstić information content (AvgIpc) is 2.16. The smallest absolute Gasteiger partial charge is 0.337 e. The topological polar surface area (TPSA) is 81.3 Å². The predicted molar refractivity (Wildman–Crippen MR) is 51.7 cm³/mol. The number of carboxylic acid groups (broad SMARTS) is 1. The van der Waals surface area contributed by atoms with E-state index in [4.69, 9.17) is 15.5 Å². The van der Waals surface area contributed by atoms with E-state index in [9.17, 15) is 4.79 Å². The molecule has 0 fully saturated rings. The summed E-state index contributed by atoms with van der Waals surface area (Å²) >= 11 is 3.07. The second-order valence-electron chi connectivity index (χ2n) is 2.58. The molecule has 0 radical (unpaired) electrons. The average molecular weight is 256 g/mol. The molecule has 14 heavy (non-hydrogen) atoms. The number of aromatic carboxylic acids is 1. The number of nitrogens with zero attached hydrogens (tertiary/aromatic N) is 1. The molecule has 72 valence electrons. The molecule has 0 bridgehead atoms. The van der Waals surface area contributed by atoms with Gasteiger partial charge in [0.05, 0.1) is 17.7 Å². The van der Waals surface area contributed by atoms with Crippen molar-refractivity contribution in [3.8, 4) is 6.07 Å². The first-order chi connectivity index (χ1) is 6.60. The number of nitriles is 1. The largest absolute Gasteiger partial charge is 0.478 e. The third-order valence-corrected chi connectivity index (χ3v) is 2.30. The molecule has 0 spiro atoms. The van der Waals surface area contributed by atoms with Crippen LogP contribution in [0.5, 0.6) is 0 Å². The zero-order valence-corrected chi connectivity index (χ0v) is 8.58. The highest BCUT2D eigenvalue weighted by atomic mass is 79.9. The van der Waals surface area contributed by atoms with E-state index in [-0.39, 0.29) is 17.7 Å². The van der Waals surface area contributed by atoms with Gasteiger partial charge in [-0.2, -0.15) is 5.26 Å². The molecular weight excluding hydrogens is 250 g/mol. The van der Waals surface area contributed by atoms with E-state index in [2.05, 4.69) is 15.9 Å². The molecule has 4 nitrogen and oxygen atoms in total. The number of rotatable bonds is 2. The highest BCUT2D eigenvalue weighted by molar-refractivity contribution is 9.10. The van der Waals surface area contributed by atoms with Crippen LogP contribution in [0, 0.1) is 11.3 Å². The zero-order chi connectivity index (χ0) is 10.7. The Bertz CT molecular complexity index is 423. The minimum Gasteiger partial charge on any atom is -0.478 e. The Labute approximate surface area is 88.5 Å². The molecule has 0 aliphatic carbocycles. The van der Waals surface area contributed by atoms with Crippen molar-refractivity contribution in [2.45, 2.75) is 6.61 Å². The first-order valence-corrected chi connectivity index (χ1v) is 4.46. The lowest BCUT2D eigenvalue weighted by atomic mass is 10.1. The second-order valence-corrected chi connectivity index (χ2v) is 3.43. The normalized spacial score (nSPS) is 9.50. The third kappa shape index (κ3) is 1.92. The monoisotopic (exact) mass is 255 g/mol. The van der Waals surface area contributed by atoms with Crippen molar-refractivity contribution >= 4 is 21.9 Å². The van der Waals surface area contributed by atoms with Gasteiger partial charge >= 0.3 is 5.97 Å². The Morgan fingerprint density at radius 2 is 2.21 bits per heavy atom. The number of benzene rings is 1. The van der Waals surface area contributed by atoms with Crippen LogP contribution in [0.4, 0.5) is 0 Å². The second kappa shape index (κ2) is 4.22. The highest BCUT2D eigenvalue weighted by Gasteiger charge is 2.14. The van der Waals surface area contributed by atoms with Crippen molar-refractivity contribution in [2.75, 3.05) is 0 Å². The summed E-state index contributed by atoms with van der Waals surface area (Å²) < 4.78 is 0.379. The van der Waals surface area contributed by atoms with Crippen molar-refractivity contribution in [1.82, 2.24) is 0 Å². The van der Waals surface area contributed by atoms with Gasteiger partial charge < -0.3 is 10.2 Å². The Hall–Kier alpha value is -1.38. The molecule has 0 atom stereocenters. The first kappa shape index (κ1) is 10.7. The maximum Gasteiger partial charge on any atom is 0.337 e. The Kier molecular flexibility index (Phi) is 3.23. The fourth-order valence-corrected chi connectivity index (χ4v) is 1.63. The Morgan fingerprint density at radius 3 is 2.64 bits per heavy atom. The minimum absolute atomic E-state index is 0.0645. The van der Waals surface area contributed by atoms with Crippen LogP contribution in [0.25, 0.3) is 0 Å². The van der Waals surface area contributed by atoms with Crippen molar-refractivity contribution in [3.05, 3.63) is 33.3 Å². The van der Waals surface area contributed by atoms with Crippen LogP contribution in [-0.4, -0.2) is 16.2 Å². The van der Waals surface area contributed by atoms with Crippen LogP contribution in [0.15, 0.2) is 16.6 Å². The molecule has 0 heterocycles. The maximum absolute atomic E-state index is 10.7. The number of halogens is 1. The van der Waals surface area contributed by atoms with Gasteiger partial charge in [-0.3, -0.25) is 0 Å². The van der Waals surface area contributed by atoms with Gasteiger partial charge in [0, 0.05) is 4.47 Å². The molecule has 1 aromatic rings. The predicted octanol–water partition coefficient (Wildman–Crippen LogP) is 1.51. The molecule has 0 aromatic heterocycles. The van der Waals surface area contributed by atoms with Gasteiger partial charge in [0.15, 0.2) is 0 Å². The molecular formula is C9H6BrNO3. The molecule has 5 heteroatoms. The first-order valence-electron chi connectivity index (χ1n) is 3.66. The fraction of sp³-hybridized carbons (Fsp3) is 0.111. The summed E-state index contributed by atoms with van der Waals surface area (Å²) in [7, 11) is 0. The number of aliphatic hydroxyl groups is 1. The van der Waals surface area contributed by atoms with Gasteiger partial charge in [0.1, 0.15) is 6.07 Å². The van der Waals surface area contributed by atoms with Gasteiger partial charge in [-0.1, -0.05) is 0 Å². The highest BCUT2D eigenvalue weighted by Crippen LogP contribution is 2.22. The quantitative estimate of drug-likeness (QED) is 0.840. The van der Waals surface area contributed by atoms with Crippen LogP contribution in [-0.2, 0) is 6.61 Å². The van der Waals surface area contributed by atoms with Crippen LogP contribution >= 0.6 is 15.9 Å². The lowest BCUT2D eigenvalue weighted by Crippen LogP contribution is -2.02. The Morgan fingerprint density at radius 1 is 1.57 bits per heavy atom. The van der Waals surface area contributed by atoms with Gasteiger partial charge in [0.25, 0.3) is 0 Å². The summed E-state index contributed by atoms with van der Waals surface area (Å²) in [5.74, 6) is -1.18. The Balaban J connectivity index is 3.45. The lowest BCUT2D eigenvalue weighted by Gasteiger charge is -2.03. The van der Waals surface area contributed by atoms with Gasteiger partial charge in [-0.15, -0.1) is 0 Å². The molecule has 2 N–H and O–H groups in total. The molecule has 0 saturated heterocycles. The van der Waals surface area contributed by atoms with Crippen molar-refractivity contribution < 1.29 is 15.0 Å². The number of carbonyl (C=O) groups is 1. The maximum atomic E-state index is 10.7. The minimum atomic E-state index is -1.18. The SMILES string of the molecule is N#Cc1c(Br)cc(CO)cc1C(=O)O. The molecule has 0 aliphatic rings. The van der Waals surface area contributed by atoms with E-state index in [1.54, 1.807) is 6.07 Å². The summed E-state index contributed by atoms with van der Waals surface area (Å²) in [5.41, 5.74) is 0.411. The summed E-state index contributed by atoms with van der Waals surface area (Å²) in [6.45, 7) is -0.259. The zero-order valence-electron chi connectivity index (χ0n) is 6.99. The molecule has 1 aromatic carbocycles. The summed E-state index contributed by atoms with van der Waals surface area (Å²) in [6, 6.07) is 4.59. The van der Waals surface area contributed by atoms with E-state index >= 15 is 0 Å². The fourth-order valence-electron chi connectivity index (χ4n) is 1.04. The summed E-state index contributed by atoms with van der Waals surface area (Å²) in [4.78, 5) is 10.7. The van der Waals surface area contributed by atoms with Gasteiger partial charge in [-0.05, 0) is 33.6 Å². The van der Waals surface area contributed by atoms with Crippen molar-refractivity contribution in [3.63, 3.8) is 0 Å². The lowest BCUT2D eigenvalue weighted by molar-refractivity contribution is 0.0696. The number of carboxylic acids is 1. The van der Waals surface area contributed by atoms with Crippen LogP contribution in [0.3, 0.4) is 0 Å². The van der Waals surface area contributed by atoms with Crippen LogP contribution in [0.1, 0.15) is 21.5 Å². The van der Waals surface area contributed by atoms with E-state index < -0.39 is 5.97 Å². The van der Waals surface area contributed by atoms with Crippen molar-refractivity contribution in [2.24, 2.45) is 0 Å². The molecule has 0 aliphatic heterocycles. The standard InChI is InChI=1S/C9H6BrNO3/c10-8-2-5(4-12)1-6(9(13)14)7(8)3-11/h1-2,12H,4H2,(H,13,14). The number of hydrogen-bond donors (Lipinski definition) is 2. The van der Waals surface area contributed by atoms with Crippen LogP contribution < -0.4 is 0 Å². The van der Waals surface area contributed by atoms with Gasteiger partial charge in [0.2, 0.25) is 0 Å². The van der Waals surface area contributed by atoms with Crippen LogP contribution in [0.2, 0.25) is 0 Å². The molecule has 1 rings (SSSR count). The molecule has 0 amide bonds. The summed E-state index contributed by atoms with van der Waals surface area (Å²) in [5, 5.41) is 26.3. The third-order valence-electron chi connectivity index (χ3n) is 1.67. The molecule has 0 saturated carbocycles. The van der Waals surface area contributed by atoms with Gasteiger partial charge in [-0.25, -0.2) is 4.79 Å². The number of hydrogen-bond acceptors (Lipinski definition) is 3. The van der Waals surface area contributed by atoms with E-state index in [0.29, 0.717) is 10.0 Å². The van der Waals surface area contributed by atoms with Crippen molar-refractivity contribution in [1.29, 1.82) is 5.26 Å². The number of aliphatic hydroxyl groups excluding tert-OH is 1. The van der Waals surface area contributed by atoms with E-state index in [1.165, 1.54) is 12.1 Å². The van der Waals surface area contributed by atoms with E-state index in [1.807, 2.05) is 0 Å². The van der Waals surface area contributed by atoms with E-state index in [0.717, 1.165) is 0 Å². The molecule has 0 unspecified atom stereocenters. The summed E-state index contributed by atoms with van der Waals surface area (Å²) in [6.07, 6.45) is 0.